The van der Waals surface area contributed by atoms with Crippen molar-refractivity contribution in [1.29, 1.82) is 0 Å². The summed E-state index contributed by atoms with van der Waals surface area (Å²) in [7, 11) is -1.19. The number of anilines is 2. The number of aromatic carboxylic acids is 1. The number of carbonyl (C=O) groups is 1. The maximum Gasteiger partial charge on any atom is 0.355 e. The Hall–Kier alpha value is -3.37. The second kappa shape index (κ2) is 12.7. The number of rotatable bonds is 12. The van der Waals surface area contributed by atoms with E-state index in [0.29, 0.717) is 42.9 Å². The van der Waals surface area contributed by atoms with Gasteiger partial charge in [0, 0.05) is 33.0 Å². The van der Waals surface area contributed by atoms with Crippen molar-refractivity contribution in [2.45, 2.75) is 52.2 Å². The van der Waals surface area contributed by atoms with Gasteiger partial charge in [0.25, 0.3) is 0 Å². The summed E-state index contributed by atoms with van der Waals surface area (Å²) in [6, 6.07) is 11.2. The highest BCUT2D eigenvalue weighted by Crippen LogP contribution is 2.29. The van der Waals surface area contributed by atoms with Crippen molar-refractivity contribution < 1.29 is 14.6 Å². The van der Waals surface area contributed by atoms with Gasteiger partial charge in [0.1, 0.15) is 6.73 Å². The number of nitrogens with zero attached hydrogens (tertiary/aromatic N) is 6. The molecule has 3 heterocycles. The van der Waals surface area contributed by atoms with Crippen molar-refractivity contribution in [3.63, 3.8) is 0 Å². The fourth-order valence-electron chi connectivity index (χ4n) is 3.70. The van der Waals surface area contributed by atoms with Gasteiger partial charge < -0.3 is 14.7 Å². The number of para-hydroxylation sites is 1. The van der Waals surface area contributed by atoms with E-state index in [0.717, 1.165) is 33.2 Å². The van der Waals surface area contributed by atoms with Gasteiger partial charge in [-0.15, -0.1) is 33.9 Å². The van der Waals surface area contributed by atoms with Gasteiger partial charge in [-0.05, 0) is 43.2 Å². The Labute approximate surface area is 236 Å². The van der Waals surface area contributed by atoms with Gasteiger partial charge in [-0.3, -0.25) is 4.57 Å². The minimum absolute atomic E-state index is 0.00497. The van der Waals surface area contributed by atoms with Crippen LogP contribution in [0.15, 0.2) is 40.7 Å². The van der Waals surface area contributed by atoms with Gasteiger partial charge in [-0.25, -0.2) is 9.78 Å². The first-order valence-electron chi connectivity index (χ1n) is 12.6. The Balaban J connectivity index is 1.66. The second-order valence-electron chi connectivity index (χ2n) is 10.2. The maximum absolute atomic E-state index is 11.4. The number of hydrogen-bond acceptors (Lipinski definition) is 9. The summed E-state index contributed by atoms with van der Waals surface area (Å²) in [4.78, 5) is 23.2. The Bertz CT molecular complexity index is 1560. The SMILES string of the molecule is C#CCCCN(c1cc(C)c(N=c2sc3ccccc3n2COCC[Si](C)(C)C)nn1)c1nc(C(=O)O)cs1. The molecule has 1 N–H and O–H groups in total. The number of benzene rings is 1. The van der Waals surface area contributed by atoms with Crippen LogP contribution >= 0.6 is 22.7 Å². The van der Waals surface area contributed by atoms with E-state index in [4.69, 9.17) is 16.2 Å². The molecule has 4 rings (SSSR count). The van der Waals surface area contributed by atoms with Crippen LogP contribution in [0.2, 0.25) is 25.7 Å². The summed E-state index contributed by atoms with van der Waals surface area (Å²) in [5, 5.41) is 20.3. The Kier molecular flexibility index (Phi) is 9.29. The zero-order valence-corrected chi connectivity index (χ0v) is 25.2. The molecule has 0 saturated carbocycles. The highest BCUT2D eigenvalue weighted by molar-refractivity contribution is 7.16. The molecule has 0 saturated heterocycles. The number of aryl methyl sites for hydroxylation is 1. The number of aromatic nitrogens is 4. The number of fused-ring (bicyclic) bond motifs is 1. The molecule has 1 aromatic carbocycles. The van der Waals surface area contributed by atoms with E-state index in [2.05, 4.69) is 57.4 Å². The molecule has 0 spiro atoms. The van der Waals surface area contributed by atoms with Crippen molar-refractivity contribution in [1.82, 2.24) is 19.7 Å². The highest BCUT2D eigenvalue weighted by atomic mass is 32.1. The molecule has 0 amide bonds. The molecule has 12 heteroatoms. The number of carboxylic acids is 1. The summed E-state index contributed by atoms with van der Waals surface area (Å²) in [6.07, 6.45) is 6.72. The first kappa shape index (κ1) is 28.6. The third-order valence-corrected chi connectivity index (χ3v) is 9.50. The first-order chi connectivity index (χ1) is 18.7. The molecular formula is C27H32N6O3S2Si. The predicted octanol–water partition coefficient (Wildman–Crippen LogP) is 6.05. The zero-order valence-electron chi connectivity index (χ0n) is 22.5. The van der Waals surface area contributed by atoms with E-state index in [1.54, 1.807) is 11.3 Å². The topological polar surface area (TPSA) is 106 Å². The third-order valence-electron chi connectivity index (χ3n) is 5.87. The van der Waals surface area contributed by atoms with Crippen LogP contribution in [-0.2, 0) is 11.5 Å². The van der Waals surface area contributed by atoms with E-state index in [1.807, 2.05) is 30.0 Å². The van der Waals surface area contributed by atoms with Gasteiger partial charge in [-0.1, -0.05) is 43.1 Å². The number of thiazole rings is 2. The van der Waals surface area contributed by atoms with Crippen LogP contribution in [-0.4, -0.2) is 52.0 Å². The second-order valence-corrected chi connectivity index (χ2v) is 17.7. The van der Waals surface area contributed by atoms with Crippen LogP contribution in [0.4, 0.5) is 16.8 Å². The molecule has 0 radical (unpaired) electrons. The fourth-order valence-corrected chi connectivity index (χ4v) is 6.31. The average Bonchev–Trinajstić information content (AvgIpc) is 3.51. The molecule has 39 heavy (non-hydrogen) atoms. The van der Waals surface area contributed by atoms with Crippen molar-refractivity contribution in [3.8, 4) is 12.3 Å². The molecule has 3 aromatic heterocycles. The summed E-state index contributed by atoms with van der Waals surface area (Å²) in [5.74, 6) is 2.64. The molecule has 0 atom stereocenters. The van der Waals surface area contributed by atoms with Crippen LogP contribution in [0.25, 0.3) is 10.2 Å². The van der Waals surface area contributed by atoms with Gasteiger partial charge in [0.15, 0.2) is 27.3 Å². The Morgan fingerprint density at radius 2 is 2.08 bits per heavy atom. The third kappa shape index (κ3) is 7.39. The molecule has 0 fully saturated rings. The summed E-state index contributed by atoms with van der Waals surface area (Å²) < 4.78 is 9.27. The monoisotopic (exact) mass is 580 g/mol. The van der Waals surface area contributed by atoms with Crippen LogP contribution in [0.1, 0.15) is 28.9 Å². The highest BCUT2D eigenvalue weighted by Gasteiger charge is 2.19. The number of hydrogen-bond donors (Lipinski definition) is 1. The number of unbranched alkanes of at least 4 members (excludes halogenated alkanes) is 1. The van der Waals surface area contributed by atoms with E-state index in [1.165, 1.54) is 16.7 Å². The van der Waals surface area contributed by atoms with Crippen LogP contribution in [0.3, 0.4) is 0 Å². The molecule has 0 aliphatic rings. The molecule has 0 aliphatic heterocycles. The molecule has 4 aromatic rings. The zero-order chi connectivity index (χ0) is 28.0. The number of carboxylic acid groups (broad SMARTS) is 1. The minimum atomic E-state index is -1.19. The largest absolute Gasteiger partial charge is 0.476 e. The lowest BCUT2D eigenvalue weighted by Gasteiger charge is -2.20. The molecule has 0 bridgehead atoms. The van der Waals surface area contributed by atoms with Crippen molar-refractivity contribution in [2.24, 2.45) is 4.99 Å². The van der Waals surface area contributed by atoms with E-state index in [-0.39, 0.29) is 5.69 Å². The van der Waals surface area contributed by atoms with Gasteiger partial charge in [0.05, 0.1) is 10.2 Å². The lowest BCUT2D eigenvalue weighted by molar-refractivity contribution is 0.0691. The standard InChI is InChI=1S/C27H32N6O3S2Si/c1-6-7-10-13-32(26-28-20(17-37-26)25(34)35)23-16-19(2)24(31-30-23)29-27-33(18-36-14-15-39(3,4)5)21-11-8-9-12-22(21)38-27/h1,8-9,11-12,16-17H,7,10,13-15,18H2,2-5H3,(H,34,35). The van der Waals surface area contributed by atoms with E-state index < -0.39 is 14.0 Å². The Morgan fingerprint density at radius 3 is 2.77 bits per heavy atom. The minimum Gasteiger partial charge on any atom is -0.476 e. The number of ether oxygens (including phenoxy) is 1. The normalized spacial score (nSPS) is 12.1. The van der Waals surface area contributed by atoms with Gasteiger partial charge >= 0.3 is 5.97 Å². The molecular weight excluding hydrogens is 549 g/mol. The lowest BCUT2D eigenvalue weighted by Crippen LogP contribution is -2.23. The number of terminal acetylenes is 1. The Morgan fingerprint density at radius 1 is 1.28 bits per heavy atom. The molecule has 0 unspecified atom stereocenters. The van der Waals surface area contributed by atoms with Crippen molar-refractivity contribution in [3.05, 3.63) is 51.8 Å². The summed E-state index contributed by atoms with van der Waals surface area (Å²) in [5.41, 5.74) is 1.89. The van der Waals surface area contributed by atoms with E-state index in [9.17, 15) is 9.90 Å². The van der Waals surface area contributed by atoms with Crippen LogP contribution in [0.5, 0.6) is 0 Å². The van der Waals surface area contributed by atoms with Crippen LogP contribution < -0.4 is 9.70 Å². The maximum atomic E-state index is 11.4. The molecule has 204 valence electrons. The average molecular weight is 581 g/mol. The molecule has 9 nitrogen and oxygen atoms in total. The summed E-state index contributed by atoms with van der Waals surface area (Å²) >= 11 is 2.83. The van der Waals surface area contributed by atoms with Gasteiger partial charge in [-0.2, -0.15) is 4.99 Å². The van der Waals surface area contributed by atoms with Crippen molar-refractivity contribution >= 4 is 63.7 Å². The predicted molar refractivity (Wildman–Crippen MR) is 160 cm³/mol. The fraction of sp³-hybridized carbons (Fsp3) is 0.370. The lowest BCUT2D eigenvalue weighted by atomic mass is 10.2. The quantitative estimate of drug-likeness (QED) is 0.123. The first-order valence-corrected chi connectivity index (χ1v) is 18.0. The van der Waals surface area contributed by atoms with Crippen molar-refractivity contribution in [2.75, 3.05) is 18.1 Å². The smallest absolute Gasteiger partial charge is 0.355 e. The van der Waals surface area contributed by atoms with Crippen LogP contribution in [0, 0.1) is 19.3 Å². The van der Waals surface area contributed by atoms with E-state index >= 15 is 0 Å². The summed E-state index contributed by atoms with van der Waals surface area (Å²) in [6.45, 7) is 10.6. The van der Waals surface area contributed by atoms with Gasteiger partial charge in [0.2, 0.25) is 0 Å². The molecule has 0 aliphatic carbocycles.